The molecule has 2 aromatic heterocycles. The minimum Gasteiger partial charge on any atom is -0.346 e. The first-order chi connectivity index (χ1) is 12.7. The number of hydrogen-bond acceptors (Lipinski definition) is 7. The van der Waals surface area contributed by atoms with E-state index in [9.17, 15) is 9.59 Å². The monoisotopic (exact) mass is 387 g/mol. The van der Waals surface area contributed by atoms with E-state index in [1.807, 2.05) is 30.0 Å². The molecule has 3 heterocycles. The number of nitrogens with zero attached hydrogens (tertiary/aromatic N) is 4. The van der Waals surface area contributed by atoms with Crippen LogP contribution in [0.25, 0.3) is 10.3 Å². The Morgan fingerprint density at radius 3 is 2.73 bits per heavy atom. The Kier molecular flexibility index (Phi) is 4.89. The zero-order valence-electron chi connectivity index (χ0n) is 13.9. The number of fused-ring (bicyclic) bond motifs is 1. The molecule has 1 saturated heterocycles. The van der Waals surface area contributed by atoms with Crippen LogP contribution in [0.2, 0.25) is 0 Å². The van der Waals surface area contributed by atoms with Crippen LogP contribution in [0.3, 0.4) is 0 Å². The third-order valence-electron chi connectivity index (χ3n) is 4.03. The Hall–Kier alpha value is -2.39. The number of hydrogen-bond donors (Lipinski definition) is 1. The number of thioether (sulfide) groups is 1. The van der Waals surface area contributed by atoms with E-state index in [0.29, 0.717) is 16.0 Å². The molecule has 0 unspecified atom stereocenters. The molecule has 1 fully saturated rings. The van der Waals surface area contributed by atoms with Crippen LogP contribution < -0.4 is 15.8 Å². The molecule has 1 aliphatic heterocycles. The van der Waals surface area contributed by atoms with Gasteiger partial charge in [-0.15, -0.1) is 0 Å². The van der Waals surface area contributed by atoms with E-state index in [1.165, 1.54) is 22.2 Å². The lowest BCUT2D eigenvalue weighted by Crippen LogP contribution is -2.32. The summed E-state index contributed by atoms with van der Waals surface area (Å²) in [6.07, 6.45) is 1.39. The quantitative estimate of drug-likeness (QED) is 0.738. The topological polar surface area (TPSA) is 80.1 Å². The average molecular weight is 387 g/mol. The van der Waals surface area contributed by atoms with Crippen LogP contribution in [-0.4, -0.2) is 45.0 Å². The summed E-state index contributed by atoms with van der Waals surface area (Å²) in [7, 11) is 0. The molecule has 7 nitrogen and oxygen atoms in total. The van der Waals surface area contributed by atoms with Crippen LogP contribution in [0.1, 0.15) is 0 Å². The lowest BCUT2D eigenvalue weighted by Gasteiger charge is -2.25. The van der Waals surface area contributed by atoms with Gasteiger partial charge in [0.2, 0.25) is 5.91 Å². The highest BCUT2D eigenvalue weighted by molar-refractivity contribution is 7.99. The van der Waals surface area contributed by atoms with Gasteiger partial charge in [-0.05, 0) is 12.1 Å². The van der Waals surface area contributed by atoms with E-state index in [4.69, 9.17) is 0 Å². The predicted molar refractivity (Wildman–Crippen MR) is 106 cm³/mol. The molecule has 0 aliphatic carbocycles. The van der Waals surface area contributed by atoms with E-state index in [1.54, 1.807) is 12.1 Å². The lowest BCUT2D eigenvalue weighted by atomic mass is 10.3. The van der Waals surface area contributed by atoms with Crippen molar-refractivity contribution in [2.24, 2.45) is 0 Å². The maximum absolute atomic E-state index is 12.7. The Balaban J connectivity index is 1.55. The fourth-order valence-corrected chi connectivity index (χ4v) is 4.64. The number of aromatic nitrogens is 3. The molecule has 0 radical (unpaired) electrons. The van der Waals surface area contributed by atoms with Crippen molar-refractivity contribution in [1.82, 2.24) is 14.5 Å². The Morgan fingerprint density at radius 2 is 1.96 bits per heavy atom. The number of anilines is 2. The van der Waals surface area contributed by atoms with Crippen molar-refractivity contribution in [3.63, 3.8) is 0 Å². The van der Waals surface area contributed by atoms with Crippen molar-refractivity contribution >= 4 is 50.2 Å². The third-order valence-corrected chi connectivity index (χ3v) is 6.06. The second-order valence-electron chi connectivity index (χ2n) is 5.84. The molecule has 1 aliphatic rings. The van der Waals surface area contributed by atoms with Crippen LogP contribution in [0.5, 0.6) is 0 Å². The molecule has 0 atom stereocenters. The molecular weight excluding hydrogens is 370 g/mol. The van der Waals surface area contributed by atoms with Gasteiger partial charge in [-0.3, -0.25) is 14.2 Å². The molecular formula is C17H17N5O2S2. The molecule has 1 amide bonds. The lowest BCUT2D eigenvalue weighted by molar-refractivity contribution is -0.116. The highest BCUT2D eigenvalue weighted by Gasteiger charge is 2.18. The summed E-state index contributed by atoms with van der Waals surface area (Å²) in [4.78, 5) is 35.9. The molecule has 0 spiro atoms. The van der Waals surface area contributed by atoms with Crippen LogP contribution in [0.4, 0.5) is 10.8 Å². The number of benzene rings is 1. The number of para-hydroxylation sites is 1. The number of carbonyl (C=O) groups excluding carboxylic acids is 1. The van der Waals surface area contributed by atoms with Gasteiger partial charge in [-0.2, -0.15) is 16.7 Å². The fourth-order valence-electron chi connectivity index (χ4n) is 2.71. The maximum atomic E-state index is 12.7. The minimum atomic E-state index is -0.266. The van der Waals surface area contributed by atoms with Crippen molar-refractivity contribution < 1.29 is 4.79 Å². The van der Waals surface area contributed by atoms with E-state index >= 15 is 0 Å². The van der Waals surface area contributed by atoms with Crippen LogP contribution >= 0.6 is 23.1 Å². The van der Waals surface area contributed by atoms with Gasteiger partial charge in [0.05, 0.1) is 0 Å². The second kappa shape index (κ2) is 7.46. The first kappa shape index (κ1) is 17.0. The molecule has 0 bridgehead atoms. The van der Waals surface area contributed by atoms with Crippen LogP contribution in [0.15, 0.2) is 41.5 Å². The first-order valence-corrected chi connectivity index (χ1v) is 10.2. The number of amides is 1. The normalized spacial score (nSPS) is 14.5. The van der Waals surface area contributed by atoms with Gasteiger partial charge in [0.15, 0.2) is 10.8 Å². The van der Waals surface area contributed by atoms with Gasteiger partial charge in [-0.1, -0.05) is 29.5 Å². The molecule has 1 aromatic carbocycles. The highest BCUT2D eigenvalue weighted by atomic mass is 32.2. The second-order valence-corrected chi connectivity index (χ2v) is 8.04. The molecule has 26 heavy (non-hydrogen) atoms. The zero-order valence-corrected chi connectivity index (χ0v) is 15.6. The van der Waals surface area contributed by atoms with Crippen LogP contribution in [0, 0.1) is 0 Å². The van der Waals surface area contributed by atoms with Crippen molar-refractivity contribution in [2.75, 3.05) is 34.8 Å². The summed E-state index contributed by atoms with van der Waals surface area (Å²) >= 11 is 3.28. The zero-order chi connectivity index (χ0) is 17.9. The smallest absolute Gasteiger partial charge is 0.273 e. The Labute approximate surface area is 158 Å². The van der Waals surface area contributed by atoms with Gasteiger partial charge >= 0.3 is 0 Å². The van der Waals surface area contributed by atoms with Crippen molar-refractivity contribution in [3.05, 3.63) is 47.0 Å². The summed E-state index contributed by atoms with van der Waals surface area (Å²) in [5.41, 5.74) is 0.920. The SMILES string of the molecule is O=C(Cn1cnc2nc(N3CCSCC3)sc2c1=O)Nc1ccccc1. The number of rotatable bonds is 4. The Morgan fingerprint density at radius 1 is 1.19 bits per heavy atom. The average Bonchev–Trinajstić information content (AvgIpc) is 3.11. The van der Waals surface area contributed by atoms with E-state index < -0.39 is 0 Å². The highest BCUT2D eigenvalue weighted by Crippen LogP contribution is 2.27. The largest absolute Gasteiger partial charge is 0.346 e. The number of carbonyl (C=O) groups is 1. The summed E-state index contributed by atoms with van der Waals surface area (Å²) in [6.45, 7) is 1.78. The molecule has 1 N–H and O–H groups in total. The van der Waals surface area contributed by atoms with Gasteiger partial charge < -0.3 is 10.2 Å². The van der Waals surface area contributed by atoms with E-state index in [0.717, 1.165) is 29.7 Å². The first-order valence-electron chi connectivity index (χ1n) is 8.24. The Bertz CT molecular complexity index is 980. The molecule has 3 aromatic rings. The minimum absolute atomic E-state index is 0.0791. The standard InChI is InChI=1S/C17H17N5O2S2/c23-13(19-12-4-2-1-3-5-12)10-22-11-18-15-14(16(22)24)26-17(20-15)21-6-8-25-9-7-21/h1-5,11H,6-10H2,(H,19,23). The summed E-state index contributed by atoms with van der Waals surface area (Å²) in [5, 5.41) is 3.60. The van der Waals surface area contributed by atoms with Crippen molar-refractivity contribution in [2.45, 2.75) is 6.54 Å². The molecule has 4 rings (SSSR count). The molecule has 134 valence electrons. The summed E-state index contributed by atoms with van der Waals surface area (Å²) in [6, 6.07) is 9.16. The predicted octanol–water partition coefficient (Wildman–Crippen LogP) is 2.04. The summed E-state index contributed by atoms with van der Waals surface area (Å²) in [5.74, 6) is 1.86. The van der Waals surface area contributed by atoms with Crippen LogP contribution in [-0.2, 0) is 11.3 Å². The van der Waals surface area contributed by atoms with Gasteiger partial charge in [0, 0.05) is 30.3 Å². The fraction of sp³-hybridized carbons (Fsp3) is 0.294. The van der Waals surface area contributed by atoms with Gasteiger partial charge in [-0.25, -0.2) is 4.98 Å². The third kappa shape index (κ3) is 3.58. The van der Waals surface area contributed by atoms with Gasteiger partial charge in [0.25, 0.3) is 5.56 Å². The van der Waals surface area contributed by atoms with Crippen molar-refractivity contribution in [3.8, 4) is 0 Å². The van der Waals surface area contributed by atoms with E-state index in [-0.39, 0.29) is 18.0 Å². The molecule has 0 saturated carbocycles. The number of thiazole rings is 1. The maximum Gasteiger partial charge on any atom is 0.273 e. The molecule has 9 heteroatoms. The van der Waals surface area contributed by atoms with E-state index in [2.05, 4.69) is 20.2 Å². The number of nitrogens with one attached hydrogen (secondary N) is 1. The summed E-state index contributed by atoms with van der Waals surface area (Å²) < 4.78 is 1.82. The van der Waals surface area contributed by atoms with Gasteiger partial charge in [0.1, 0.15) is 17.6 Å². The van der Waals surface area contributed by atoms with Crippen molar-refractivity contribution in [1.29, 1.82) is 0 Å².